The van der Waals surface area contributed by atoms with Crippen LogP contribution in [0.15, 0.2) is 35.4 Å². The average molecular weight is 271 g/mol. The van der Waals surface area contributed by atoms with Gasteiger partial charge >= 0.3 is 0 Å². The number of hydrogen-bond donors (Lipinski definition) is 1. The lowest BCUT2D eigenvalue weighted by molar-refractivity contribution is 0.493. The molecule has 0 amide bonds. The summed E-state index contributed by atoms with van der Waals surface area (Å²) in [5, 5.41) is 7.56. The molecule has 0 saturated carbocycles. The van der Waals surface area contributed by atoms with Crippen molar-refractivity contribution >= 4 is 5.52 Å². The first-order valence-corrected chi connectivity index (χ1v) is 6.81. The van der Waals surface area contributed by atoms with Crippen molar-refractivity contribution in [3.05, 3.63) is 36.9 Å². The van der Waals surface area contributed by atoms with Gasteiger partial charge in [-0.05, 0) is 19.5 Å². The third-order valence-corrected chi connectivity index (χ3v) is 3.14. The van der Waals surface area contributed by atoms with E-state index in [1.54, 1.807) is 29.3 Å². The van der Waals surface area contributed by atoms with Crippen LogP contribution in [-0.4, -0.2) is 32.7 Å². The van der Waals surface area contributed by atoms with Gasteiger partial charge in [0.2, 0.25) is 0 Å². The van der Waals surface area contributed by atoms with Gasteiger partial charge in [-0.25, -0.2) is 9.50 Å². The number of nitrogens with zero attached hydrogens (tertiary/aromatic N) is 4. The molecule has 3 aromatic rings. The molecule has 0 spiro atoms. The van der Waals surface area contributed by atoms with Gasteiger partial charge in [0.25, 0.3) is 0 Å². The number of aromatic nitrogens is 4. The predicted molar refractivity (Wildman–Crippen MR) is 75.3 cm³/mol. The fraction of sp³-hybridized carbons (Fsp3) is 0.357. The van der Waals surface area contributed by atoms with Crippen molar-refractivity contribution in [1.82, 2.24) is 24.9 Å². The van der Waals surface area contributed by atoms with Crippen molar-refractivity contribution in [2.24, 2.45) is 0 Å². The summed E-state index contributed by atoms with van der Waals surface area (Å²) in [5.41, 5.74) is 1.84. The van der Waals surface area contributed by atoms with Gasteiger partial charge in [-0.2, -0.15) is 5.10 Å². The lowest BCUT2D eigenvalue weighted by Gasteiger charge is -1.98. The standard InChI is InChI=1S/C14H17N5O/c1-2-15-5-3-4-14-17-10-13(20-14)11-8-18-19-7-6-16-9-12(11)19/h6-10,15H,2-5H2,1H3. The van der Waals surface area contributed by atoms with Gasteiger partial charge < -0.3 is 9.73 Å². The van der Waals surface area contributed by atoms with Crippen LogP contribution in [0.4, 0.5) is 0 Å². The summed E-state index contributed by atoms with van der Waals surface area (Å²) < 4.78 is 7.57. The second kappa shape index (κ2) is 5.83. The van der Waals surface area contributed by atoms with Crippen LogP contribution in [0.25, 0.3) is 16.8 Å². The van der Waals surface area contributed by atoms with Crippen LogP contribution in [0.1, 0.15) is 19.2 Å². The Bertz CT molecular complexity index is 688. The van der Waals surface area contributed by atoms with E-state index in [0.29, 0.717) is 0 Å². The van der Waals surface area contributed by atoms with Crippen LogP contribution in [0.2, 0.25) is 0 Å². The topological polar surface area (TPSA) is 68.2 Å². The smallest absolute Gasteiger partial charge is 0.194 e. The number of rotatable bonds is 6. The molecule has 0 aromatic carbocycles. The fourth-order valence-corrected chi connectivity index (χ4v) is 2.12. The molecular weight excluding hydrogens is 254 g/mol. The Hall–Kier alpha value is -2.21. The molecule has 0 fully saturated rings. The summed E-state index contributed by atoms with van der Waals surface area (Å²) in [6.07, 6.45) is 10.7. The predicted octanol–water partition coefficient (Wildman–Crippen LogP) is 1.93. The molecule has 6 nitrogen and oxygen atoms in total. The maximum absolute atomic E-state index is 5.80. The summed E-state index contributed by atoms with van der Waals surface area (Å²) >= 11 is 0. The van der Waals surface area contributed by atoms with E-state index in [1.807, 2.05) is 6.20 Å². The molecule has 3 aromatic heterocycles. The van der Waals surface area contributed by atoms with E-state index >= 15 is 0 Å². The highest BCUT2D eigenvalue weighted by Gasteiger charge is 2.11. The summed E-state index contributed by atoms with van der Waals surface area (Å²) in [6, 6.07) is 0. The van der Waals surface area contributed by atoms with Gasteiger partial charge in [0.05, 0.1) is 29.7 Å². The zero-order chi connectivity index (χ0) is 13.8. The van der Waals surface area contributed by atoms with Crippen LogP contribution in [0.5, 0.6) is 0 Å². The SMILES string of the molecule is CCNCCCc1ncc(-c2cnn3ccncc23)o1. The van der Waals surface area contributed by atoms with E-state index in [4.69, 9.17) is 4.42 Å². The molecule has 3 heterocycles. The van der Waals surface area contributed by atoms with Gasteiger partial charge in [-0.3, -0.25) is 4.98 Å². The molecule has 0 aliphatic heterocycles. The molecule has 0 radical (unpaired) electrons. The first-order chi connectivity index (χ1) is 9.88. The van der Waals surface area contributed by atoms with Crippen molar-refractivity contribution < 1.29 is 4.42 Å². The van der Waals surface area contributed by atoms with E-state index < -0.39 is 0 Å². The molecule has 6 heteroatoms. The maximum atomic E-state index is 5.80. The number of aryl methyl sites for hydroxylation is 1. The molecule has 0 aliphatic rings. The first-order valence-electron chi connectivity index (χ1n) is 6.81. The second-order valence-electron chi connectivity index (χ2n) is 4.54. The maximum Gasteiger partial charge on any atom is 0.194 e. The number of nitrogens with one attached hydrogen (secondary N) is 1. The minimum absolute atomic E-state index is 0.742. The Balaban J connectivity index is 1.76. The number of fused-ring (bicyclic) bond motifs is 1. The first kappa shape index (κ1) is 12.8. The lowest BCUT2D eigenvalue weighted by Crippen LogP contribution is -2.14. The molecule has 104 valence electrons. The van der Waals surface area contributed by atoms with Crippen LogP contribution in [0, 0.1) is 0 Å². The largest absolute Gasteiger partial charge is 0.441 e. The molecule has 3 rings (SSSR count). The summed E-state index contributed by atoms with van der Waals surface area (Å²) in [7, 11) is 0. The van der Waals surface area contributed by atoms with Gasteiger partial charge in [0.1, 0.15) is 0 Å². The Morgan fingerprint density at radius 1 is 1.30 bits per heavy atom. The highest BCUT2D eigenvalue weighted by molar-refractivity contribution is 5.75. The lowest BCUT2D eigenvalue weighted by atomic mass is 10.2. The average Bonchev–Trinajstić information content (AvgIpc) is 3.10. The molecule has 0 bridgehead atoms. The van der Waals surface area contributed by atoms with E-state index in [1.165, 1.54) is 0 Å². The van der Waals surface area contributed by atoms with Crippen molar-refractivity contribution in [2.45, 2.75) is 19.8 Å². The third-order valence-electron chi connectivity index (χ3n) is 3.14. The monoisotopic (exact) mass is 271 g/mol. The normalized spacial score (nSPS) is 11.2. The Labute approximate surface area is 116 Å². The van der Waals surface area contributed by atoms with Crippen LogP contribution >= 0.6 is 0 Å². The van der Waals surface area contributed by atoms with Gasteiger partial charge in [0.15, 0.2) is 11.7 Å². The summed E-state index contributed by atoms with van der Waals surface area (Å²) in [5.74, 6) is 1.51. The number of oxazole rings is 1. The highest BCUT2D eigenvalue weighted by Crippen LogP contribution is 2.24. The highest BCUT2D eigenvalue weighted by atomic mass is 16.4. The summed E-state index contributed by atoms with van der Waals surface area (Å²) in [4.78, 5) is 8.44. The Morgan fingerprint density at radius 3 is 3.15 bits per heavy atom. The molecular formula is C14H17N5O. The molecule has 0 saturated heterocycles. The minimum atomic E-state index is 0.742. The molecule has 0 atom stereocenters. The van der Waals surface area contributed by atoms with E-state index in [0.717, 1.165) is 48.7 Å². The molecule has 20 heavy (non-hydrogen) atoms. The van der Waals surface area contributed by atoms with E-state index in [9.17, 15) is 0 Å². The zero-order valence-corrected chi connectivity index (χ0v) is 11.4. The minimum Gasteiger partial charge on any atom is -0.441 e. The van der Waals surface area contributed by atoms with Gasteiger partial charge in [0, 0.05) is 18.8 Å². The van der Waals surface area contributed by atoms with Gasteiger partial charge in [-0.1, -0.05) is 6.92 Å². The van der Waals surface area contributed by atoms with Crippen LogP contribution < -0.4 is 5.32 Å². The molecule has 0 unspecified atom stereocenters. The van der Waals surface area contributed by atoms with E-state index in [2.05, 4.69) is 27.3 Å². The zero-order valence-electron chi connectivity index (χ0n) is 11.4. The fourth-order valence-electron chi connectivity index (χ4n) is 2.12. The van der Waals surface area contributed by atoms with E-state index in [-0.39, 0.29) is 0 Å². The Morgan fingerprint density at radius 2 is 2.25 bits per heavy atom. The third kappa shape index (κ3) is 2.55. The van der Waals surface area contributed by atoms with Crippen molar-refractivity contribution in [3.8, 4) is 11.3 Å². The van der Waals surface area contributed by atoms with Crippen molar-refractivity contribution in [3.63, 3.8) is 0 Å². The number of hydrogen-bond acceptors (Lipinski definition) is 5. The van der Waals surface area contributed by atoms with Crippen molar-refractivity contribution in [1.29, 1.82) is 0 Å². The van der Waals surface area contributed by atoms with Crippen molar-refractivity contribution in [2.75, 3.05) is 13.1 Å². The molecule has 1 N–H and O–H groups in total. The summed E-state index contributed by atoms with van der Waals surface area (Å²) in [6.45, 7) is 4.07. The Kier molecular flexibility index (Phi) is 3.73. The van der Waals surface area contributed by atoms with Gasteiger partial charge in [-0.15, -0.1) is 0 Å². The van der Waals surface area contributed by atoms with Crippen LogP contribution in [-0.2, 0) is 6.42 Å². The van der Waals surface area contributed by atoms with Crippen LogP contribution in [0.3, 0.4) is 0 Å². The molecule has 0 aliphatic carbocycles. The quantitative estimate of drug-likeness (QED) is 0.694. The second-order valence-corrected chi connectivity index (χ2v) is 4.54.